The van der Waals surface area contributed by atoms with Crippen molar-refractivity contribution in [3.8, 4) is 11.8 Å². The van der Waals surface area contributed by atoms with Crippen molar-refractivity contribution in [2.24, 2.45) is 10.9 Å². The molecule has 0 radical (unpaired) electrons. The van der Waals surface area contributed by atoms with Crippen LogP contribution in [-0.4, -0.2) is 5.16 Å². The minimum atomic E-state index is -0.554. The lowest BCUT2D eigenvalue weighted by Gasteiger charge is -2.28. The normalized spacial score (nSPS) is 18.9. The number of thiocarbonyl (C=S) groups is 1. The van der Waals surface area contributed by atoms with Gasteiger partial charge in [-0.05, 0) is 79.6 Å². The molecule has 1 nitrogen and oxygen atoms in total. The lowest BCUT2D eigenvalue weighted by molar-refractivity contribution is 0.319. The highest BCUT2D eigenvalue weighted by molar-refractivity contribution is 7.78. The van der Waals surface area contributed by atoms with Crippen molar-refractivity contribution in [1.29, 1.82) is 0 Å². The molecular weight excluding hydrogens is 377 g/mol. The molecule has 1 aliphatic rings. The van der Waals surface area contributed by atoms with Crippen LogP contribution < -0.4 is 0 Å². The molecule has 0 atom stereocenters. The first kappa shape index (κ1) is 19.8. The van der Waals surface area contributed by atoms with Gasteiger partial charge < -0.3 is 0 Å². The smallest absolute Gasteiger partial charge is 0.152 e. The van der Waals surface area contributed by atoms with Crippen molar-refractivity contribution in [3.63, 3.8) is 0 Å². The molecule has 0 unspecified atom stereocenters. The third-order valence-electron chi connectivity index (χ3n) is 5.33. The van der Waals surface area contributed by atoms with E-state index in [0.29, 0.717) is 11.5 Å². The van der Waals surface area contributed by atoms with E-state index in [1.54, 1.807) is 6.07 Å². The van der Waals surface area contributed by atoms with E-state index in [1.807, 2.05) is 12.1 Å². The predicted octanol–water partition coefficient (Wildman–Crippen LogP) is 7.30. The number of benzene rings is 2. The third-order valence-corrected chi connectivity index (χ3v) is 5.71. The summed E-state index contributed by atoms with van der Waals surface area (Å²) in [7, 11) is 0. The van der Waals surface area contributed by atoms with Crippen LogP contribution in [0.4, 0.5) is 10.1 Å². The summed E-state index contributed by atoms with van der Waals surface area (Å²) >= 11 is 10.5. The maximum atomic E-state index is 14.0. The Morgan fingerprint density at radius 1 is 1.07 bits per heavy atom. The third kappa shape index (κ3) is 5.05. The summed E-state index contributed by atoms with van der Waals surface area (Å²) in [5.41, 5.74) is 2.80. The molecule has 27 heavy (non-hydrogen) atoms. The Kier molecular flexibility index (Phi) is 6.80. The van der Waals surface area contributed by atoms with Gasteiger partial charge in [0.2, 0.25) is 0 Å². The molecule has 0 aromatic heterocycles. The van der Waals surface area contributed by atoms with E-state index in [1.165, 1.54) is 43.7 Å². The zero-order valence-corrected chi connectivity index (χ0v) is 16.8. The Balaban J connectivity index is 1.72. The van der Waals surface area contributed by atoms with Gasteiger partial charge in [0.05, 0.1) is 10.2 Å². The molecule has 0 amide bonds. The van der Waals surface area contributed by atoms with Crippen molar-refractivity contribution < 1.29 is 4.39 Å². The Labute approximate surface area is 170 Å². The fourth-order valence-corrected chi connectivity index (χ4v) is 4.02. The molecular formula is C23H21ClFNS. The molecule has 2 aromatic rings. The summed E-state index contributed by atoms with van der Waals surface area (Å²) in [6.45, 7) is 2.29. The molecule has 2 aromatic carbocycles. The van der Waals surface area contributed by atoms with Gasteiger partial charge in [0.1, 0.15) is 5.69 Å². The first-order valence-electron chi connectivity index (χ1n) is 9.29. The van der Waals surface area contributed by atoms with Gasteiger partial charge in [-0.3, -0.25) is 0 Å². The van der Waals surface area contributed by atoms with Crippen molar-refractivity contribution in [1.82, 2.24) is 0 Å². The van der Waals surface area contributed by atoms with Gasteiger partial charge in [-0.25, -0.2) is 4.39 Å². The largest absolute Gasteiger partial charge is 0.204 e. The molecule has 0 N–H and O–H groups in total. The summed E-state index contributed by atoms with van der Waals surface area (Å²) in [6.07, 6.45) is 6.51. The van der Waals surface area contributed by atoms with Crippen molar-refractivity contribution in [3.05, 3.63) is 63.9 Å². The van der Waals surface area contributed by atoms with Crippen LogP contribution in [0.5, 0.6) is 0 Å². The minimum absolute atomic E-state index is 0.000589. The number of nitrogens with zero attached hydrogens (tertiary/aromatic N) is 1. The van der Waals surface area contributed by atoms with Crippen LogP contribution in [0.15, 0.2) is 41.4 Å². The molecule has 1 saturated carbocycles. The summed E-state index contributed by atoms with van der Waals surface area (Å²) in [5.74, 6) is 7.05. The lowest BCUT2D eigenvalue weighted by Crippen LogP contribution is -2.12. The number of hydrogen-bond acceptors (Lipinski definition) is 2. The maximum Gasteiger partial charge on any atom is 0.152 e. The van der Waals surface area contributed by atoms with E-state index < -0.39 is 5.82 Å². The van der Waals surface area contributed by atoms with Gasteiger partial charge in [-0.1, -0.05) is 48.9 Å². The van der Waals surface area contributed by atoms with Crippen LogP contribution in [-0.2, 0) is 0 Å². The highest BCUT2D eigenvalue weighted by Crippen LogP contribution is 2.36. The SMILES string of the molecule is CCC1CCC(c2ccc(C#Cc3cc(F)c(N=C=S)c(Cl)c3)cc2)CC1. The summed E-state index contributed by atoms with van der Waals surface area (Å²) < 4.78 is 14.0. The van der Waals surface area contributed by atoms with Gasteiger partial charge in [-0.2, -0.15) is 4.99 Å². The molecule has 0 bridgehead atoms. The van der Waals surface area contributed by atoms with Crippen LogP contribution >= 0.6 is 23.8 Å². The number of hydrogen-bond donors (Lipinski definition) is 0. The summed E-state index contributed by atoms with van der Waals surface area (Å²) in [5, 5.41) is 2.30. The Morgan fingerprint density at radius 3 is 2.33 bits per heavy atom. The fourth-order valence-electron chi connectivity index (χ4n) is 3.68. The number of halogens is 2. The van der Waals surface area contributed by atoms with E-state index >= 15 is 0 Å². The lowest BCUT2D eigenvalue weighted by atomic mass is 9.78. The predicted molar refractivity (Wildman–Crippen MR) is 114 cm³/mol. The molecule has 0 spiro atoms. The Morgan fingerprint density at radius 2 is 1.74 bits per heavy atom. The van der Waals surface area contributed by atoms with Gasteiger partial charge in [-0.15, -0.1) is 0 Å². The minimum Gasteiger partial charge on any atom is -0.204 e. The van der Waals surface area contributed by atoms with E-state index in [4.69, 9.17) is 11.6 Å². The number of aliphatic imine (C=N–C) groups is 1. The Bertz CT molecular complexity index is 889. The van der Waals surface area contributed by atoms with Crippen molar-refractivity contribution in [2.75, 3.05) is 0 Å². The van der Waals surface area contributed by atoms with Crippen molar-refractivity contribution >= 4 is 34.7 Å². The molecule has 138 valence electrons. The van der Waals surface area contributed by atoms with E-state index in [2.05, 4.69) is 53.3 Å². The summed E-state index contributed by atoms with van der Waals surface area (Å²) in [6, 6.07) is 11.3. The van der Waals surface area contributed by atoms with E-state index in [9.17, 15) is 4.39 Å². The average molecular weight is 398 g/mol. The molecule has 1 fully saturated rings. The van der Waals surface area contributed by atoms with Crippen LogP contribution in [0.2, 0.25) is 5.02 Å². The van der Waals surface area contributed by atoms with Crippen LogP contribution in [0.3, 0.4) is 0 Å². The number of isothiocyanates is 1. The molecule has 0 aliphatic heterocycles. The highest BCUT2D eigenvalue weighted by Gasteiger charge is 2.20. The molecule has 0 saturated heterocycles. The molecule has 3 rings (SSSR count). The topological polar surface area (TPSA) is 12.4 Å². The van der Waals surface area contributed by atoms with Gasteiger partial charge in [0.15, 0.2) is 5.82 Å². The van der Waals surface area contributed by atoms with E-state index in [-0.39, 0.29) is 10.7 Å². The highest BCUT2D eigenvalue weighted by atomic mass is 35.5. The molecule has 0 heterocycles. The molecule has 1 aliphatic carbocycles. The van der Waals surface area contributed by atoms with Gasteiger partial charge in [0, 0.05) is 11.1 Å². The monoisotopic (exact) mass is 397 g/mol. The zero-order chi connectivity index (χ0) is 19.2. The van der Waals surface area contributed by atoms with Crippen LogP contribution in [0.1, 0.15) is 61.6 Å². The fraction of sp³-hybridized carbons (Fsp3) is 0.348. The van der Waals surface area contributed by atoms with Crippen LogP contribution in [0, 0.1) is 23.6 Å². The van der Waals surface area contributed by atoms with Crippen molar-refractivity contribution in [2.45, 2.75) is 44.9 Å². The maximum absolute atomic E-state index is 14.0. The van der Waals surface area contributed by atoms with Gasteiger partial charge in [0.25, 0.3) is 0 Å². The second-order valence-electron chi connectivity index (χ2n) is 6.99. The quantitative estimate of drug-likeness (QED) is 0.300. The summed E-state index contributed by atoms with van der Waals surface area (Å²) in [4.78, 5) is 3.64. The van der Waals surface area contributed by atoms with E-state index in [0.717, 1.165) is 11.5 Å². The average Bonchev–Trinajstić information content (AvgIpc) is 2.70. The first-order valence-corrected chi connectivity index (χ1v) is 10.1. The van der Waals surface area contributed by atoms with Crippen LogP contribution in [0.25, 0.3) is 0 Å². The Hall–Kier alpha value is -1.98. The second-order valence-corrected chi connectivity index (χ2v) is 7.58. The first-order chi connectivity index (χ1) is 13.1. The van der Waals surface area contributed by atoms with Gasteiger partial charge >= 0.3 is 0 Å². The second kappa shape index (κ2) is 9.29. The standard InChI is InChI=1S/C23H21ClFNS/c1-2-16-5-9-19(10-6-16)20-11-7-17(8-12-20)3-4-18-13-21(24)23(26-15-27)22(25)14-18/h7-8,11-14,16,19H,2,5-6,9-10H2,1H3. The number of rotatable bonds is 3. The molecule has 4 heteroatoms. The zero-order valence-electron chi connectivity index (χ0n) is 15.3.